The molecule has 6 atom stereocenters. The van der Waals surface area contributed by atoms with E-state index in [4.69, 9.17) is 11.6 Å². The summed E-state index contributed by atoms with van der Waals surface area (Å²) in [5.74, 6) is -6.93. The van der Waals surface area contributed by atoms with E-state index < -0.39 is 69.4 Å². The Hall–Kier alpha value is -5.88. The first-order valence-corrected chi connectivity index (χ1v) is 16.7. The zero-order valence-corrected chi connectivity index (χ0v) is 27.4. The number of amides is 4. The zero-order chi connectivity index (χ0) is 35.8. The van der Waals surface area contributed by atoms with Crippen LogP contribution in [-0.4, -0.2) is 38.7 Å². The molecule has 11 nitrogen and oxygen atoms in total. The number of hydrogen-bond acceptors (Lipinski definition) is 8. The number of rotatable bonds is 6. The molecule has 0 radical (unpaired) electrons. The number of nitro benzene ring substituents is 1. The van der Waals surface area contributed by atoms with E-state index in [0.717, 1.165) is 9.91 Å². The number of hydrazine groups is 1. The second-order valence-corrected chi connectivity index (χ2v) is 13.7. The number of fused-ring (bicyclic) bond motifs is 4. The van der Waals surface area contributed by atoms with Gasteiger partial charge in [-0.1, -0.05) is 47.5 Å². The Labute approximate surface area is 295 Å². The Balaban J connectivity index is 1.29. The number of anilines is 2. The molecule has 2 N–H and O–H groups in total. The van der Waals surface area contributed by atoms with Gasteiger partial charge < -0.3 is 5.11 Å². The van der Waals surface area contributed by atoms with Gasteiger partial charge in [0.15, 0.2) is 0 Å². The maximum Gasteiger partial charge on any atom is 0.269 e. The van der Waals surface area contributed by atoms with Crippen LogP contribution in [0, 0.1) is 39.6 Å². The van der Waals surface area contributed by atoms with E-state index in [1.165, 1.54) is 60.7 Å². The maximum atomic E-state index is 15.1. The number of non-ortho nitro benzene ring substituents is 1. The highest BCUT2D eigenvalue weighted by molar-refractivity contribution is 6.30. The first kappa shape index (κ1) is 32.3. The zero-order valence-electron chi connectivity index (χ0n) is 26.6. The van der Waals surface area contributed by atoms with Gasteiger partial charge in [-0.2, -0.15) is 5.01 Å². The fourth-order valence-electron chi connectivity index (χ4n) is 8.71. The van der Waals surface area contributed by atoms with Gasteiger partial charge in [0.2, 0.25) is 11.8 Å². The summed E-state index contributed by atoms with van der Waals surface area (Å²) in [5, 5.41) is 23.3. The van der Waals surface area contributed by atoms with Gasteiger partial charge in [-0.25, -0.2) is 4.39 Å². The smallest absolute Gasteiger partial charge is 0.269 e. The highest BCUT2D eigenvalue weighted by atomic mass is 35.5. The average molecular weight is 707 g/mol. The molecule has 0 aromatic heterocycles. The second kappa shape index (κ2) is 11.9. The van der Waals surface area contributed by atoms with E-state index in [9.17, 15) is 34.0 Å². The number of imide groups is 2. The number of benzene rings is 4. The molecule has 4 aromatic carbocycles. The Morgan fingerprint density at radius 2 is 1.59 bits per heavy atom. The molecule has 1 saturated carbocycles. The van der Waals surface area contributed by atoms with E-state index in [1.54, 1.807) is 36.4 Å². The van der Waals surface area contributed by atoms with Crippen LogP contribution in [0.5, 0.6) is 5.75 Å². The Morgan fingerprint density at radius 3 is 2.25 bits per heavy atom. The molecule has 0 unspecified atom stereocenters. The topological polar surface area (TPSA) is 150 Å². The van der Waals surface area contributed by atoms with Crippen LogP contribution in [0.3, 0.4) is 0 Å². The molecule has 0 bridgehead atoms. The van der Waals surface area contributed by atoms with E-state index in [0.29, 0.717) is 27.4 Å². The van der Waals surface area contributed by atoms with Crippen molar-refractivity contribution in [2.75, 3.05) is 10.3 Å². The van der Waals surface area contributed by atoms with Crippen molar-refractivity contribution in [3.8, 4) is 5.75 Å². The third kappa shape index (κ3) is 4.84. The predicted molar refractivity (Wildman–Crippen MR) is 183 cm³/mol. The van der Waals surface area contributed by atoms with Crippen LogP contribution < -0.4 is 10.3 Å². The summed E-state index contributed by atoms with van der Waals surface area (Å²) in [7, 11) is 0. The van der Waals surface area contributed by atoms with Gasteiger partial charge in [-0.3, -0.25) is 39.6 Å². The van der Waals surface area contributed by atoms with Crippen molar-refractivity contribution < 1.29 is 33.6 Å². The third-order valence-electron chi connectivity index (χ3n) is 10.8. The summed E-state index contributed by atoms with van der Waals surface area (Å²) >= 11 is 6.31. The standard InChI is InChI=1S/C38H28ClFN4O7/c39-22-6-4-21(5-7-22)38-31(35(47)43(37(38)49)41-24-10-8-23(40)9-11-24)19-30-28(33(38)20-2-1-3-27(45)18-20)16-17-29-32(30)36(48)42(34(29)46)25-12-14-26(15-13-25)44(50)51/h1-16,18,29-33,41,45H,17,19H2/t29-,30+,31-,32-,33-,38+/m0/s1. The third-order valence-corrected chi connectivity index (χ3v) is 11.0. The number of allylic oxidation sites excluding steroid dienone is 2. The first-order chi connectivity index (χ1) is 24.5. The van der Waals surface area contributed by atoms with Crippen LogP contribution in [-0.2, 0) is 24.6 Å². The molecule has 256 valence electrons. The Kier molecular flexibility index (Phi) is 7.53. The molecule has 13 heteroatoms. The average Bonchev–Trinajstić information content (AvgIpc) is 3.50. The number of nitrogens with zero attached hydrogens (tertiary/aromatic N) is 3. The lowest BCUT2D eigenvalue weighted by Crippen LogP contribution is -2.53. The molecule has 3 fully saturated rings. The molecule has 51 heavy (non-hydrogen) atoms. The number of phenols is 1. The lowest BCUT2D eigenvalue weighted by Gasteiger charge is -2.50. The molecule has 2 aliphatic heterocycles. The van der Waals surface area contributed by atoms with Crippen LogP contribution in [0.2, 0.25) is 5.02 Å². The van der Waals surface area contributed by atoms with Crippen molar-refractivity contribution in [3.05, 3.63) is 141 Å². The number of aromatic hydroxyl groups is 1. The van der Waals surface area contributed by atoms with Gasteiger partial charge in [-0.15, -0.1) is 0 Å². The van der Waals surface area contributed by atoms with Crippen molar-refractivity contribution in [2.45, 2.75) is 24.2 Å². The minimum absolute atomic E-state index is 0.0320. The SMILES string of the molecule is O=C1[C@@H]2C[C@@H]3C(=CC[C@@H]4C(=O)N(c5ccc([N+](=O)[O-])cc5)C(=O)[C@@H]43)[C@H](c3cccc(O)c3)[C@]2(c2ccc(Cl)cc2)C(=O)N1Nc1ccc(F)cc1. The van der Waals surface area contributed by atoms with Gasteiger partial charge >= 0.3 is 0 Å². The van der Waals surface area contributed by atoms with E-state index >= 15 is 4.79 Å². The van der Waals surface area contributed by atoms with Crippen LogP contribution in [0.1, 0.15) is 29.9 Å². The fraction of sp³-hybridized carbons (Fsp3) is 0.211. The van der Waals surface area contributed by atoms with Crippen LogP contribution in [0.4, 0.5) is 21.5 Å². The normalized spacial score (nSPS) is 26.8. The van der Waals surface area contributed by atoms with Crippen LogP contribution >= 0.6 is 11.6 Å². The molecule has 2 saturated heterocycles. The van der Waals surface area contributed by atoms with E-state index in [-0.39, 0.29) is 30.0 Å². The number of carbonyl (C=O) groups is 4. The summed E-state index contributed by atoms with van der Waals surface area (Å²) in [6.07, 6.45) is 2.08. The second-order valence-electron chi connectivity index (χ2n) is 13.3. The predicted octanol–water partition coefficient (Wildman–Crippen LogP) is 6.28. The largest absolute Gasteiger partial charge is 0.508 e. The minimum Gasteiger partial charge on any atom is -0.508 e. The van der Waals surface area contributed by atoms with Gasteiger partial charge in [0.1, 0.15) is 11.6 Å². The molecular formula is C38H28ClFN4O7. The summed E-state index contributed by atoms with van der Waals surface area (Å²) in [6.45, 7) is 0. The molecule has 4 aromatic rings. The molecule has 8 rings (SSSR count). The van der Waals surface area contributed by atoms with Gasteiger partial charge in [0, 0.05) is 23.1 Å². The van der Waals surface area contributed by atoms with Crippen LogP contribution in [0.25, 0.3) is 0 Å². The monoisotopic (exact) mass is 706 g/mol. The number of nitrogens with one attached hydrogen (secondary N) is 1. The lowest BCUT2D eigenvalue weighted by molar-refractivity contribution is -0.384. The molecule has 4 aliphatic rings. The number of halogens is 2. The van der Waals surface area contributed by atoms with Crippen LogP contribution in [0.15, 0.2) is 109 Å². The number of carbonyl (C=O) groups excluding carboxylic acids is 4. The minimum atomic E-state index is -1.58. The van der Waals surface area contributed by atoms with E-state index in [1.807, 2.05) is 6.08 Å². The van der Waals surface area contributed by atoms with Gasteiger partial charge in [0.25, 0.3) is 17.5 Å². The molecule has 2 heterocycles. The molecule has 2 aliphatic carbocycles. The van der Waals surface area contributed by atoms with Crippen molar-refractivity contribution in [2.24, 2.45) is 23.7 Å². The molecule has 4 amide bonds. The maximum absolute atomic E-state index is 15.1. The van der Waals surface area contributed by atoms with E-state index in [2.05, 4.69) is 5.43 Å². The summed E-state index contributed by atoms with van der Waals surface area (Å²) in [5.41, 5.74) is 3.32. The van der Waals surface area contributed by atoms with Crippen molar-refractivity contribution in [1.82, 2.24) is 5.01 Å². The summed E-state index contributed by atoms with van der Waals surface area (Å²) < 4.78 is 13.8. The number of nitro groups is 1. The first-order valence-electron chi connectivity index (χ1n) is 16.3. The van der Waals surface area contributed by atoms with Crippen molar-refractivity contribution in [1.29, 1.82) is 0 Å². The summed E-state index contributed by atoms with van der Waals surface area (Å²) in [6, 6.07) is 23.5. The fourth-order valence-corrected chi connectivity index (χ4v) is 8.84. The molecule has 0 spiro atoms. The Bertz CT molecular complexity index is 2180. The van der Waals surface area contributed by atoms with Gasteiger partial charge in [0.05, 0.1) is 39.5 Å². The highest BCUT2D eigenvalue weighted by Crippen LogP contribution is 2.64. The lowest BCUT2D eigenvalue weighted by atomic mass is 9.49. The molecular weight excluding hydrogens is 679 g/mol. The van der Waals surface area contributed by atoms with Crippen molar-refractivity contribution in [3.63, 3.8) is 0 Å². The summed E-state index contributed by atoms with van der Waals surface area (Å²) in [4.78, 5) is 69.8. The van der Waals surface area contributed by atoms with Crippen molar-refractivity contribution >= 4 is 52.3 Å². The number of hydrogen-bond donors (Lipinski definition) is 2. The quantitative estimate of drug-likeness (QED) is 0.103. The Morgan fingerprint density at radius 1 is 0.882 bits per heavy atom. The number of phenolic OH excluding ortho intramolecular Hbond substituents is 1. The van der Waals surface area contributed by atoms with Gasteiger partial charge in [-0.05, 0) is 90.6 Å². The highest BCUT2D eigenvalue weighted by Gasteiger charge is 2.70.